The molecule has 13 heavy (non-hydrogen) atoms. The van der Waals surface area contributed by atoms with Gasteiger partial charge in [-0.3, -0.25) is 4.99 Å². The zero-order valence-electron chi connectivity index (χ0n) is 8.21. The molecule has 0 atom stereocenters. The lowest BCUT2D eigenvalue weighted by molar-refractivity contribution is 0.392. The largest absolute Gasteiger partial charge is 0.363 e. The lowest BCUT2D eigenvalue weighted by Crippen LogP contribution is -2.28. The van der Waals surface area contributed by atoms with Gasteiger partial charge in [-0.25, -0.2) is 0 Å². The first-order valence-electron chi connectivity index (χ1n) is 5.23. The van der Waals surface area contributed by atoms with E-state index in [2.05, 4.69) is 9.89 Å². The van der Waals surface area contributed by atoms with E-state index < -0.39 is 0 Å². The highest BCUT2D eigenvalue weighted by molar-refractivity contribution is 6.17. The predicted octanol–water partition coefficient (Wildman–Crippen LogP) is 2.52. The lowest BCUT2D eigenvalue weighted by Gasteiger charge is -2.22. The van der Waals surface area contributed by atoms with E-state index in [4.69, 9.17) is 11.6 Å². The molecule has 0 aromatic carbocycles. The molecule has 0 fully saturated rings. The van der Waals surface area contributed by atoms with Crippen molar-refractivity contribution in [1.29, 1.82) is 0 Å². The van der Waals surface area contributed by atoms with Crippen LogP contribution in [0.25, 0.3) is 0 Å². The van der Waals surface area contributed by atoms with Gasteiger partial charge in [-0.1, -0.05) is 12.8 Å². The Morgan fingerprint density at radius 3 is 2.77 bits per heavy atom. The molecule has 1 aliphatic heterocycles. The molecule has 0 aromatic heterocycles. The Kier molecular flexibility index (Phi) is 6.00. The van der Waals surface area contributed by atoms with Crippen LogP contribution in [0.2, 0.25) is 0 Å². The van der Waals surface area contributed by atoms with Gasteiger partial charge in [0, 0.05) is 25.5 Å². The van der Waals surface area contributed by atoms with Gasteiger partial charge in [-0.05, 0) is 19.3 Å². The summed E-state index contributed by atoms with van der Waals surface area (Å²) in [5.74, 6) is 0.811. The van der Waals surface area contributed by atoms with E-state index >= 15 is 0 Å². The highest BCUT2D eigenvalue weighted by Gasteiger charge is 2.02. The summed E-state index contributed by atoms with van der Waals surface area (Å²) in [5, 5.41) is 0. The molecule has 76 valence electrons. The minimum absolute atomic E-state index is 0.811. The second kappa shape index (κ2) is 7.19. The highest BCUT2D eigenvalue weighted by atomic mass is 35.5. The topological polar surface area (TPSA) is 15.6 Å². The van der Waals surface area contributed by atoms with Crippen LogP contribution >= 0.6 is 11.6 Å². The van der Waals surface area contributed by atoms with E-state index in [1.54, 1.807) is 0 Å². The molecule has 0 saturated carbocycles. The maximum absolute atomic E-state index is 5.60. The molecule has 0 aromatic rings. The number of rotatable bonds is 6. The Bertz CT molecular complexity index is 148. The molecule has 1 aliphatic rings. The standard InChI is InChI=1S/C10H19ClN2/c11-6-3-1-2-4-8-13-9-5-7-12-10-13/h10H,1-9H2. The zero-order valence-corrected chi connectivity index (χ0v) is 8.97. The van der Waals surface area contributed by atoms with Gasteiger partial charge < -0.3 is 4.90 Å². The summed E-state index contributed by atoms with van der Waals surface area (Å²) >= 11 is 5.60. The Labute approximate surface area is 86.0 Å². The monoisotopic (exact) mass is 202 g/mol. The molecular weight excluding hydrogens is 184 g/mol. The summed E-state index contributed by atoms with van der Waals surface area (Å²) < 4.78 is 0. The maximum Gasteiger partial charge on any atom is 0.0849 e. The van der Waals surface area contributed by atoms with Crippen molar-refractivity contribution in [2.45, 2.75) is 32.1 Å². The number of hydrogen-bond acceptors (Lipinski definition) is 2. The van der Waals surface area contributed by atoms with Crippen molar-refractivity contribution in [3.05, 3.63) is 0 Å². The highest BCUT2D eigenvalue weighted by Crippen LogP contribution is 2.04. The van der Waals surface area contributed by atoms with E-state index in [0.29, 0.717) is 0 Å². The smallest absolute Gasteiger partial charge is 0.0849 e. The molecule has 0 saturated heterocycles. The number of alkyl halides is 1. The van der Waals surface area contributed by atoms with Crippen LogP contribution < -0.4 is 0 Å². The minimum Gasteiger partial charge on any atom is -0.363 e. The van der Waals surface area contributed by atoms with Crippen molar-refractivity contribution in [2.75, 3.05) is 25.5 Å². The fourth-order valence-electron chi connectivity index (χ4n) is 1.53. The average Bonchev–Trinajstić information content (AvgIpc) is 2.19. The van der Waals surface area contributed by atoms with E-state index in [0.717, 1.165) is 18.8 Å². The van der Waals surface area contributed by atoms with Crippen LogP contribution in [0.15, 0.2) is 4.99 Å². The zero-order chi connectivity index (χ0) is 9.36. The molecular formula is C10H19ClN2. The van der Waals surface area contributed by atoms with Crippen molar-refractivity contribution in [3.63, 3.8) is 0 Å². The normalized spacial score (nSPS) is 16.5. The Balaban J connectivity index is 1.92. The molecule has 0 bridgehead atoms. The summed E-state index contributed by atoms with van der Waals surface area (Å²) in [7, 11) is 0. The SMILES string of the molecule is ClCCCCCCN1C=NCCC1. The van der Waals surface area contributed by atoms with E-state index in [1.165, 1.54) is 38.8 Å². The van der Waals surface area contributed by atoms with Crippen molar-refractivity contribution in [1.82, 2.24) is 4.90 Å². The third-order valence-corrected chi connectivity index (χ3v) is 2.57. The van der Waals surface area contributed by atoms with Crippen LogP contribution in [0, 0.1) is 0 Å². The van der Waals surface area contributed by atoms with Crippen LogP contribution in [0.5, 0.6) is 0 Å². The number of halogens is 1. The summed E-state index contributed by atoms with van der Waals surface area (Å²) in [5.41, 5.74) is 0. The molecule has 0 amide bonds. The average molecular weight is 203 g/mol. The first-order chi connectivity index (χ1) is 6.43. The van der Waals surface area contributed by atoms with Gasteiger partial charge >= 0.3 is 0 Å². The van der Waals surface area contributed by atoms with Crippen LogP contribution in [0.3, 0.4) is 0 Å². The fourth-order valence-corrected chi connectivity index (χ4v) is 1.72. The van der Waals surface area contributed by atoms with Gasteiger partial charge in [-0.15, -0.1) is 11.6 Å². The van der Waals surface area contributed by atoms with E-state index in [9.17, 15) is 0 Å². The van der Waals surface area contributed by atoms with Crippen LogP contribution in [0.4, 0.5) is 0 Å². The number of hydrogen-bond donors (Lipinski definition) is 0. The van der Waals surface area contributed by atoms with Gasteiger partial charge in [-0.2, -0.15) is 0 Å². The van der Waals surface area contributed by atoms with Gasteiger partial charge in [0.05, 0.1) is 6.34 Å². The van der Waals surface area contributed by atoms with Crippen molar-refractivity contribution in [3.8, 4) is 0 Å². The number of unbranched alkanes of at least 4 members (excludes halogenated alkanes) is 3. The quantitative estimate of drug-likeness (QED) is 0.478. The lowest BCUT2D eigenvalue weighted by atomic mass is 10.2. The Hall–Kier alpha value is -0.240. The molecule has 3 heteroatoms. The Morgan fingerprint density at radius 2 is 2.08 bits per heavy atom. The fraction of sp³-hybridized carbons (Fsp3) is 0.900. The summed E-state index contributed by atoms with van der Waals surface area (Å²) in [6, 6.07) is 0. The second-order valence-electron chi connectivity index (χ2n) is 3.51. The van der Waals surface area contributed by atoms with Crippen molar-refractivity contribution in [2.24, 2.45) is 4.99 Å². The Morgan fingerprint density at radius 1 is 1.23 bits per heavy atom. The van der Waals surface area contributed by atoms with E-state index in [-0.39, 0.29) is 0 Å². The molecule has 0 radical (unpaired) electrons. The molecule has 0 aliphatic carbocycles. The molecule has 1 heterocycles. The molecule has 0 spiro atoms. The predicted molar refractivity (Wildman–Crippen MR) is 58.7 cm³/mol. The van der Waals surface area contributed by atoms with Crippen molar-refractivity contribution < 1.29 is 0 Å². The third kappa shape index (κ3) is 5.14. The third-order valence-electron chi connectivity index (χ3n) is 2.31. The van der Waals surface area contributed by atoms with Crippen molar-refractivity contribution >= 4 is 17.9 Å². The summed E-state index contributed by atoms with van der Waals surface area (Å²) in [6.45, 7) is 3.38. The van der Waals surface area contributed by atoms with Gasteiger partial charge in [0.15, 0.2) is 0 Å². The minimum atomic E-state index is 0.811. The second-order valence-corrected chi connectivity index (χ2v) is 3.89. The number of aliphatic imine (C=N–C) groups is 1. The molecule has 0 unspecified atom stereocenters. The maximum atomic E-state index is 5.60. The van der Waals surface area contributed by atoms with Gasteiger partial charge in [0.1, 0.15) is 0 Å². The van der Waals surface area contributed by atoms with Crippen LogP contribution in [-0.2, 0) is 0 Å². The molecule has 2 nitrogen and oxygen atoms in total. The number of nitrogens with zero attached hydrogens (tertiary/aromatic N) is 2. The molecule has 0 N–H and O–H groups in total. The summed E-state index contributed by atoms with van der Waals surface area (Å²) in [6.07, 6.45) is 8.24. The molecule has 1 rings (SSSR count). The van der Waals surface area contributed by atoms with Crippen LogP contribution in [-0.4, -0.2) is 36.8 Å². The van der Waals surface area contributed by atoms with Crippen LogP contribution in [0.1, 0.15) is 32.1 Å². The first-order valence-corrected chi connectivity index (χ1v) is 5.77. The first kappa shape index (κ1) is 10.8. The summed E-state index contributed by atoms with van der Waals surface area (Å²) in [4.78, 5) is 6.58. The van der Waals surface area contributed by atoms with Gasteiger partial charge in [0.2, 0.25) is 0 Å². The van der Waals surface area contributed by atoms with Gasteiger partial charge in [0.25, 0.3) is 0 Å². The van der Waals surface area contributed by atoms with E-state index in [1.807, 2.05) is 6.34 Å².